The largest absolute Gasteiger partial charge is 0.265 e. The van der Waals surface area contributed by atoms with E-state index in [1.54, 1.807) is 11.8 Å². The van der Waals surface area contributed by atoms with Crippen molar-refractivity contribution in [3.05, 3.63) is 71.3 Å². The second kappa shape index (κ2) is 5.96. The van der Waals surface area contributed by atoms with Crippen LogP contribution in [0.5, 0.6) is 0 Å². The summed E-state index contributed by atoms with van der Waals surface area (Å²) in [6.07, 6.45) is 2.13. The van der Waals surface area contributed by atoms with Crippen molar-refractivity contribution in [2.45, 2.75) is 25.2 Å². The molecule has 2 nitrogen and oxygen atoms in total. The smallest absolute Gasteiger partial charge is 0.111 e. The molecule has 0 aromatic heterocycles. The minimum Gasteiger partial charge on any atom is -0.265 e. The molecule has 0 bridgehead atoms. The van der Waals surface area contributed by atoms with Gasteiger partial charge < -0.3 is 0 Å². The van der Waals surface area contributed by atoms with Gasteiger partial charge in [-0.15, -0.1) is 11.8 Å². The molecule has 0 fully saturated rings. The Balaban J connectivity index is 1.78. The third-order valence-electron chi connectivity index (χ3n) is 3.38. The zero-order valence-electron chi connectivity index (χ0n) is 12.3. The van der Waals surface area contributed by atoms with Gasteiger partial charge in [0.2, 0.25) is 0 Å². The summed E-state index contributed by atoms with van der Waals surface area (Å²) in [5, 5.41) is 1.09. The number of thioether (sulfide) groups is 1. The van der Waals surface area contributed by atoms with Crippen molar-refractivity contribution in [1.29, 1.82) is 0 Å². The predicted octanol–water partition coefficient (Wildman–Crippen LogP) is 4.74. The molecule has 0 spiro atoms. The van der Waals surface area contributed by atoms with E-state index in [9.17, 15) is 0 Å². The Morgan fingerprint density at radius 2 is 1.71 bits per heavy atom. The van der Waals surface area contributed by atoms with E-state index in [2.05, 4.69) is 60.1 Å². The summed E-state index contributed by atoms with van der Waals surface area (Å²) < 4.78 is 0. The molecular formula is C18H19NOS. The van der Waals surface area contributed by atoms with Crippen LogP contribution in [0.4, 0.5) is 0 Å². The molecule has 0 unspecified atom stereocenters. The summed E-state index contributed by atoms with van der Waals surface area (Å²) in [4.78, 5) is 5.49. The minimum atomic E-state index is -0.221. The van der Waals surface area contributed by atoms with E-state index >= 15 is 0 Å². The molecule has 3 rings (SSSR count). The summed E-state index contributed by atoms with van der Waals surface area (Å²) in [6, 6.07) is 19.1. The van der Waals surface area contributed by atoms with E-state index in [1.807, 2.05) is 19.9 Å². The van der Waals surface area contributed by atoms with E-state index in [0.717, 1.165) is 10.8 Å². The van der Waals surface area contributed by atoms with Crippen LogP contribution in [0.15, 0.2) is 65.7 Å². The fourth-order valence-electron chi connectivity index (χ4n) is 2.33. The van der Waals surface area contributed by atoms with E-state index in [0.29, 0.717) is 0 Å². The van der Waals surface area contributed by atoms with Gasteiger partial charge in [-0.05, 0) is 36.6 Å². The normalized spacial score (nSPS) is 16.4. The van der Waals surface area contributed by atoms with Gasteiger partial charge in [-0.3, -0.25) is 10.3 Å². The van der Waals surface area contributed by atoms with Gasteiger partial charge in [0.05, 0.1) is 5.03 Å². The van der Waals surface area contributed by atoms with Crippen LogP contribution in [-0.4, -0.2) is 5.60 Å². The zero-order chi connectivity index (χ0) is 14.7. The number of rotatable bonds is 4. The van der Waals surface area contributed by atoms with Gasteiger partial charge in [-0.2, -0.15) is 0 Å². The molecule has 0 amide bonds. The lowest BCUT2D eigenvalue weighted by Crippen LogP contribution is -2.20. The minimum absolute atomic E-state index is 0.221. The van der Waals surface area contributed by atoms with Crippen LogP contribution >= 0.6 is 11.8 Å². The highest BCUT2D eigenvalue weighted by Crippen LogP contribution is 2.31. The molecule has 0 aliphatic carbocycles. The first kappa shape index (κ1) is 14.2. The Morgan fingerprint density at radius 1 is 1.00 bits per heavy atom. The zero-order valence-corrected chi connectivity index (χ0v) is 13.1. The van der Waals surface area contributed by atoms with Gasteiger partial charge in [0, 0.05) is 5.75 Å². The van der Waals surface area contributed by atoms with Gasteiger partial charge in [-0.25, -0.2) is 0 Å². The fourth-order valence-corrected chi connectivity index (χ4v) is 3.36. The summed E-state index contributed by atoms with van der Waals surface area (Å²) in [7, 11) is 0. The van der Waals surface area contributed by atoms with E-state index < -0.39 is 0 Å². The molecule has 0 radical (unpaired) electrons. The lowest BCUT2D eigenvalue weighted by molar-refractivity contribution is -0.0126. The van der Waals surface area contributed by atoms with Crippen molar-refractivity contribution in [3.8, 4) is 11.1 Å². The number of hydrogen-bond acceptors (Lipinski definition) is 3. The Kier molecular flexibility index (Phi) is 4.04. The van der Waals surface area contributed by atoms with Gasteiger partial charge in [0.15, 0.2) is 0 Å². The molecule has 1 aliphatic heterocycles. The summed E-state index contributed by atoms with van der Waals surface area (Å²) >= 11 is 1.77. The van der Waals surface area contributed by atoms with Crippen molar-refractivity contribution in [2.24, 2.45) is 0 Å². The predicted molar refractivity (Wildman–Crippen MR) is 89.6 cm³/mol. The van der Waals surface area contributed by atoms with Crippen LogP contribution in [0, 0.1) is 0 Å². The monoisotopic (exact) mass is 297 g/mol. The van der Waals surface area contributed by atoms with Crippen LogP contribution in [0.1, 0.15) is 19.4 Å². The van der Waals surface area contributed by atoms with Crippen molar-refractivity contribution in [1.82, 2.24) is 5.48 Å². The van der Waals surface area contributed by atoms with Crippen LogP contribution in [-0.2, 0) is 10.6 Å². The lowest BCUT2D eigenvalue weighted by atomic mass is 10.0. The second-order valence-corrected chi connectivity index (χ2v) is 6.65. The molecule has 2 aromatic carbocycles. The Morgan fingerprint density at radius 3 is 2.43 bits per heavy atom. The molecule has 1 aliphatic rings. The van der Waals surface area contributed by atoms with Crippen molar-refractivity contribution in [2.75, 3.05) is 0 Å². The first-order valence-corrected chi connectivity index (χ1v) is 8.06. The van der Waals surface area contributed by atoms with E-state index in [1.165, 1.54) is 16.7 Å². The highest BCUT2D eigenvalue weighted by atomic mass is 32.2. The molecule has 0 atom stereocenters. The fraction of sp³-hybridized carbons (Fsp3) is 0.222. The van der Waals surface area contributed by atoms with Gasteiger partial charge in [0.25, 0.3) is 0 Å². The highest BCUT2D eigenvalue weighted by Gasteiger charge is 2.24. The number of hydrogen-bond donors (Lipinski definition) is 1. The maximum Gasteiger partial charge on any atom is 0.111 e. The van der Waals surface area contributed by atoms with Crippen LogP contribution < -0.4 is 5.48 Å². The van der Waals surface area contributed by atoms with Crippen molar-refractivity contribution < 1.29 is 4.84 Å². The maximum atomic E-state index is 5.49. The topological polar surface area (TPSA) is 21.3 Å². The average Bonchev–Trinajstić information content (AvgIpc) is 2.86. The lowest BCUT2D eigenvalue weighted by Gasteiger charge is -2.11. The molecule has 2 aromatic rings. The Labute approximate surface area is 130 Å². The first-order valence-electron chi connectivity index (χ1n) is 7.07. The molecule has 21 heavy (non-hydrogen) atoms. The number of hydroxylamine groups is 1. The molecule has 0 saturated carbocycles. The standard InChI is InChI=1S/C18H19NOS/c1-18(2)12-17(19-20-18)21-13-15-10-6-7-11-16(15)14-8-4-3-5-9-14/h3-12,19H,13H2,1-2H3. The Bertz CT molecular complexity index is 649. The number of benzene rings is 2. The summed E-state index contributed by atoms with van der Waals surface area (Å²) in [6.45, 7) is 4.09. The summed E-state index contributed by atoms with van der Waals surface area (Å²) in [5.41, 5.74) is 6.67. The quantitative estimate of drug-likeness (QED) is 0.880. The molecule has 3 heteroatoms. The first-order chi connectivity index (χ1) is 10.1. The third-order valence-corrected chi connectivity index (χ3v) is 4.35. The molecular weight excluding hydrogens is 278 g/mol. The van der Waals surface area contributed by atoms with E-state index in [4.69, 9.17) is 4.84 Å². The van der Waals surface area contributed by atoms with Gasteiger partial charge in [-0.1, -0.05) is 54.6 Å². The molecule has 0 saturated heterocycles. The van der Waals surface area contributed by atoms with Gasteiger partial charge in [0.1, 0.15) is 5.60 Å². The molecule has 108 valence electrons. The van der Waals surface area contributed by atoms with Gasteiger partial charge >= 0.3 is 0 Å². The SMILES string of the molecule is CC1(C)C=C(SCc2ccccc2-c2ccccc2)NO1. The van der Waals surface area contributed by atoms with Crippen LogP contribution in [0.25, 0.3) is 11.1 Å². The maximum absolute atomic E-state index is 5.49. The van der Waals surface area contributed by atoms with Crippen molar-refractivity contribution >= 4 is 11.8 Å². The van der Waals surface area contributed by atoms with Crippen molar-refractivity contribution in [3.63, 3.8) is 0 Å². The molecule has 1 N–H and O–H groups in total. The van der Waals surface area contributed by atoms with Crippen LogP contribution in [0.3, 0.4) is 0 Å². The third kappa shape index (κ3) is 3.49. The average molecular weight is 297 g/mol. The van der Waals surface area contributed by atoms with E-state index in [-0.39, 0.29) is 5.60 Å². The Hall–Kier alpha value is -1.71. The highest BCUT2D eigenvalue weighted by molar-refractivity contribution is 8.02. The molecule has 1 heterocycles. The number of nitrogens with one attached hydrogen (secondary N) is 1. The van der Waals surface area contributed by atoms with Crippen LogP contribution in [0.2, 0.25) is 0 Å². The summed E-state index contributed by atoms with van der Waals surface area (Å²) in [5.74, 6) is 0.920. The second-order valence-electron chi connectivity index (χ2n) is 5.63.